The number of benzene rings is 1. The van der Waals surface area contributed by atoms with E-state index < -0.39 is 11.6 Å². The summed E-state index contributed by atoms with van der Waals surface area (Å²) in [6.45, 7) is 0. The molecule has 1 N–H and O–H groups in total. The molecular weight excluding hydrogens is 340 g/mol. The first-order chi connectivity index (χ1) is 11.3. The average molecular weight is 355 g/mol. The SMILES string of the molecule is Fc1ccc(-c2ccc[nH]2)c(F)c1-[c-]1cccc1.[Ti+2].c1cc[cH-]c1. The van der Waals surface area contributed by atoms with Gasteiger partial charge in [-0.3, -0.25) is 8.78 Å². The van der Waals surface area contributed by atoms with Crippen LogP contribution in [0.25, 0.3) is 22.4 Å². The van der Waals surface area contributed by atoms with Crippen LogP contribution in [0.3, 0.4) is 0 Å². The van der Waals surface area contributed by atoms with Gasteiger partial charge in [-0.05, 0) is 23.3 Å². The first-order valence-corrected chi connectivity index (χ1v) is 7.28. The molecule has 0 saturated carbocycles. The fourth-order valence-corrected chi connectivity index (χ4v) is 2.38. The first-order valence-electron chi connectivity index (χ1n) is 7.28. The van der Waals surface area contributed by atoms with Gasteiger partial charge in [0.1, 0.15) is 0 Å². The van der Waals surface area contributed by atoms with Crippen LogP contribution < -0.4 is 0 Å². The standard InChI is InChI=1S/C15H10F2N.C5H5.Ti/c16-12-8-7-11(13-6-3-9-18-13)15(17)14(12)10-4-1-2-5-10;1-2-4-5-3-1;/h1-9,18H;1-5H;/q2*-1;+2. The molecule has 24 heavy (non-hydrogen) atoms. The van der Waals surface area contributed by atoms with Crippen molar-refractivity contribution >= 4 is 0 Å². The van der Waals surface area contributed by atoms with Crippen molar-refractivity contribution in [2.75, 3.05) is 0 Å². The Bertz CT molecular complexity index is 815. The summed E-state index contributed by atoms with van der Waals surface area (Å²) in [6.07, 6.45) is 1.71. The van der Waals surface area contributed by atoms with Gasteiger partial charge in [-0.2, -0.15) is 30.3 Å². The number of hydrogen-bond acceptors (Lipinski definition) is 0. The van der Waals surface area contributed by atoms with E-state index in [1.165, 1.54) is 12.1 Å². The zero-order valence-corrected chi connectivity index (χ0v) is 14.4. The molecular formula is C20H15F2NTi. The monoisotopic (exact) mass is 355 g/mol. The fourth-order valence-electron chi connectivity index (χ4n) is 2.38. The van der Waals surface area contributed by atoms with E-state index in [4.69, 9.17) is 0 Å². The van der Waals surface area contributed by atoms with Gasteiger partial charge in [0.05, 0.1) is 11.6 Å². The van der Waals surface area contributed by atoms with Gasteiger partial charge in [0.2, 0.25) is 0 Å². The molecule has 0 aliphatic heterocycles. The third-order valence-electron chi connectivity index (χ3n) is 3.49. The first kappa shape index (κ1) is 18.1. The minimum Gasteiger partial charge on any atom is -0.362 e. The molecule has 3 aromatic carbocycles. The number of aromatic nitrogens is 1. The molecule has 1 heterocycles. The molecule has 0 aliphatic carbocycles. The van der Waals surface area contributed by atoms with Crippen LogP contribution in [0.5, 0.6) is 0 Å². The Hall–Kier alpha value is -2.23. The van der Waals surface area contributed by atoms with Gasteiger partial charge in [-0.15, -0.1) is 12.1 Å². The van der Waals surface area contributed by atoms with E-state index in [1.807, 2.05) is 30.3 Å². The minimum absolute atomic E-state index is 0. The molecule has 1 nitrogen and oxygen atoms in total. The van der Waals surface area contributed by atoms with E-state index >= 15 is 0 Å². The summed E-state index contributed by atoms with van der Waals surface area (Å²) in [4.78, 5) is 2.92. The topological polar surface area (TPSA) is 15.8 Å². The van der Waals surface area contributed by atoms with Gasteiger partial charge in [0, 0.05) is 11.9 Å². The maximum absolute atomic E-state index is 14.4. The summed E-state index contributed by atoms with van der Waals surface area (Å²) in [5, 5.41) is 0. The minimum atomic E-state index is -0.547. The predicted octanol–water partition coefficient (Wildman–Crippen LogP) is 5.75. The van der Waals surface area contributed by atoms with E-state index in [9.17, 15) is 8.78 Å². The molecule has 0 saturated heterocycles. The van der Waals surface area contributed by atoms with Crippen molar-refractivity contribution in [2.45, 2.75) is 0 Å². The van der Waals surface area contributed by atoms with E-state index in [0.29, 0.717) is 16.8 Å². The smallest absolute Gasteiger partial charge is 0.362 e. The second-order valence-electron chi connectivity index (χ2n) is 5.00. The van der Waals surface area contributed by atoms with Crippen LogP contribution in [0.1, 0.15) is 0 Å². The van der Waals surface area contributed by atoms with Gasteiger partial charge in [0.15, 0.2) is 0 Å². The summed E-state index contributed by atoms with van der Waals surface area (Å²) in [5.74, 6) is -1.09. The Kier molecular flexibility index (Phi) is 6.48. The Morgan fingerprint density at radius 2 is 1.58 bits per heavy atom. The molecule has 4 heteroatoms. The molecule has 0 spiro atoms. The van der Waals surface area contributed by atoms with Gasteiger partial charge in [-0.1, -0.05) is 17.7 Å². The van der Waals surface area contributed by atoms with Crippen LogP contribution in [-0.4, -0.2) is 4.98 Å². The van der Waals surface area contributed by atoms with Crippen LogP contribution in [0, 0.1) is 11.6 Å². The third kappa shape index (κ3) is 3.99. The zero-order valence-electron chi connectivity index (χ0n) is 12.8. The molecule has 118 valence electrons. The Morgan fingerprint density at radius 1 is 0.875 bits per heavy atom. The molecule has 0 atom stereocenters. The number of aromatic amines is 1. The average Bonchev–Trinajstić information content (AvgIpc) is 3.32. The molecule has 0 radical (unpaired) electrons. The summed E-state index contributed by atoms with van der Waals surface area (Å²) in [7, 11) is 0. The maximum atomic E-state index is 14.4. The zero-order chi connectivity index (χ0) is 16.1. The number of halogens is 2. The molecule has 4 aromatic rings. The van der Waals surface area contributed by atoms with Crippen LogP contribution in [-0.2, 0) is 21.7 Å². The largest absolute Gasteiger partial charge is 2.00 e. The quantitative estimate of drug-likeness (QED) is 0.348. The number of hydrogen-bond donors (Lipinski definition) is 1. The molecule has 1 aromatic heterocycles. The molecule has 0 bridgehead atoms. The van der Waals surface area contributed by atoms with Crippen molar-refractivity contribution in [3.63, 3.8) is 0 Å². The number of rotatable bonds is 2. The molecule has 0 amide bonds. The number of H-pyrrole nitrogens is 1. The van der Waals surface area contributed by atoms with Crippen LogP contribution in [0.4, 0.5) is 8.78 Å². The van der Waals surface area contributed by atoms with E-state index in [1.54, 1.807) is 42.6 Å². The molecule has 0 unspecified atom stereocenters. The normalized spacial score (nSPS) is 9.75. The molecule has 0 aliphatic rings. The van der Waals surface area contributed by atoms with Gasteiger partial charge < -0.3 is 4.98 Å². The summed E-state index contributed by atoms with van der Waals surface area (Å²) < 4.78 is 28.2. The van der Waals surface area contributed by atoms with Crippen molar-refractivity contribution in [1.82, 2.24) is 4.98 Å². The van der Waals surface area contributed by atoms with E-state index in [0.717, 1.165) is 0 Å². The Morgan fingerprint density at radius 3 is 2.12 bits per heavy atom. The Balaban J connectivity index is 0.000000300. The van der Waals surface area contributed by atoms with Crippen LogP contribution in [0.2, 0.25) is 0 Å². The molecule has 0 fully saturated rings. The third-order valence-corrected chi connectivity index (χ3v) is 3.49. The van der Waals surface area contributed by atoms with Gasteiger partial charge in [0.25, 0.3) is 0 Å². The summed E-state index contributed by atoms with van der Waals surface area (Å²) >= 11 is 0. The van der Waals surface area contributed by atoms with Crippen LogP contribution >= 0.6 is 0 Å². The van der Waals surface area contributed by atoms with E-state index in [-0.39, 0.29) is 27.3 Å². The summed E-state index contributed by atoms with van der Waals surface area (Å²) in [5.41, 5.74) is 1.59. The van der Waals surface area contributed by atoms with E-state index in [2.05, 4.69) is 4.98 Å². The second kappa shape index (κ2) is 8.58. The van der Waals surface area contributed by atoms with Gasteiger partial charge >= 0.3 is 21.7 Å². The summed E-state index contributed by atoms with van der Waals surface area (Å²) in [6, 6.07) is 23.2. The van der Waals surface area contributed by atoms with Crippen molar-refractivity contribution in [3.05, 3.63) is 96.7 Å². The van der Waals surface area contributed by atoms with Crippen LogP contribution in [0.15, 0.2) is 85.1 Å². The fraction of sp³-hybridized carbons (Fsp3) is 0. The maximum Gasteiger partial charge on any atom is 2.00 e. The second-order valence-corrected chi connectivity index (χ2v) is 5.00. The van der Waals surface area contributed by atoms with Crippen molar-refractivity contribution in [2.24, 2.45) is 0 Å². The molecule has 4 rings (SSSR count). The van der Waals surface area contributed by atoms with Crippen molar-refractivity contribution in [3.8, 4) is 22.4 Å². The number of nitrogens with one attached hydrogen (secondary N) is 1. The van der Waals surface area contributed by atoms with Gasteiger partial charge in [-0.25, -0.2) is 12.1 Å². The Labute approximate surface area is 154 Å². The van der Waals surface area contributed by atoms with Crippen molar-refractivity contribution < 1.29 is 30.5 Å². The predicted molar refractivity (Wildman–Crippen MR) is 89.2 cm³/mol. The van der Waals surface area contributed by atoms with Crippen molar-refractivity contribution in [1.29, 1.82) is 0 Å².